The number of nitrogens with zero attached hydrogens (tertiary/aromatic N) is 4. The normalized spacial score (nSPS) is 31.1. The molecule has 3 aromatic rings. The molecule has 0 bridgehead atoms. The number of nitrogens with two attached hydrogens (primary N) is 1. The van der Waals surface area contributed by atoms with Gasteiger partial charge < -0.3 is 20.5 Å². The predicted octanol–water partition coefficient (Wildman–Crippen LogP) is 1.47. The number of thioether (sulfide) groups is 1. The molecule has 2 fully saturated rings. The molecule has 1 unspecified atom stereocenters. The summed E-state index contributed by atoms with van der Waals surface area (Å²) in [6.07, 6.45) is -2.65. The summed E-state index contributed by atoms with van der Waals surface area (Å²) in [5, 5.41) is 11.4. The second-order valence-electron chi connectivity index (χ2n) is 6.86. The number of aliphatic hydroxyl groups is 1. The van der Waals surface area contributed by atoms with Gasteiger partial charge in [-0.2, -0.15) is 0 Å². The maximum atomic E-state index is 11.8. The Morgan fingerprint density at radius 3 is 2.90 bits per heavy atom. The molecule has 0 spiro atoms. The van der Waals surface area contributed by atoms with E-state index in [1.165, 1.54) is 18.1 Å². The van der Waals surface area contributed by atoms with E-state index in [1.54, 1.807) is 4.57 Å². The average Bonchev–Trinajstić information content (AvgIpc) is 3.25. The number of fused-ring (bicyclic) bond motifs is 2. The summed E-state index contributed by atoms with van der Waals surface area (Å²) in [4.78, 5) is 22.4. The van der Waals surface area contributed by atoms with Gasteiger partial charge in [0.25, 0.3) is 0 Å². The van der Waals surface area contributed by atoms with Crippen molar-refractivity contribution in [2.75, 3.05) is 12.3 Å². The number of hydrogen-bond acceptors (Lipinski definition) is 10. The maximum Gasteiger partial charge on any atom is 0.472 e. The molecule has 0 saturated carbocycles. The van der Waals surface area contributed by atoms with Crippen LogP contribution in [0.5, 0.6) is 0 Å². The van der Waals surface area contributed by atoms with Crippen molar-refractivity contribution in [3.8, 4) is 0 Å². The van der Waals surface area contributed by atoms with Gasteiger partial charge in [0.05, 0.1) is 6.61 Å². The first-order valence-electron chi connectivity index (χ1n) is 9.07. The van der Waals surface area contributed by atoms with Crippen LogP contribution < -0.4 is 5.73 Å². The minimum absolute atomic E-state index is 0.178. The van der Waals surface area contributed by atoms with Crippen LogP contribution in [0.1, 0.15) is 11.8 Å². The van der Waals surface area contributed by atoms with Crippen molar-refractivity contribution >= 4 is 36.6 Å². The molecule has 5 atom stereocenters. The fourth-order valence-electron chi connectivity index (χ4n) is 3.51. The molecule has 2 aliphatic rings. The topological polar surface area (TPSA) is 155 Å². The van der Waals surface area contributed by atoms with Gasteiger partial charge in [-0.15, -0.1) is 0 Å². The summed E-state index contributed by atoms with van der Waals surface area (Å²) in [5.41, 5.74) is 7.82. The van der Waals surface area contributed by atoms with E-state index in [2.05, 4.69) is 15.0 Å². The molecule has 1 aromatic carbocycles. The fourth-order valence-corrected chi connectivity index (χ4v) is 5.45. The van der Waals surface area contributed by atoms with E-state index in [0.717, 1.165) is 5.56 Å². The van der Waals surface area contributed by atoms with Gasteiger partial charge in [0, 0.05) is 5.75 Å². The van der Waals surface area contributed by atoms with Gasteiger partial charge in [-0.3, -0.25) is 13.6 Å². The molecular weight excluding hydrogens is 433 g/mol. The van der Waals surface area contributed by atoms with Crippen LogP contribution in [0.2, 0.25) is 0 Å². The van der Waals surface area contributed by atoms with Gasteiger partial charge in [0.2, 0.25) is 0 Å². The molecule has 5 rings (SSSR count). The number of benzene rings is 1. The van der Waals surface area contributed by atoms with Crippen molar-refractivity contribution in [1.82, 2.24) is 19.5 Å². The Hall–Kier alpha value is -2.05. The lowest BCUT2D eigenvalue weighted by molar-refractivity contribution is -0.0684. The number of nitrogen functional groups attached to an aromatic ring is 1. The highest BCUT2D eigenvalue weighted by molar-refractivity contribution is 7.98. The molecule has 30 heavy (non-hydrogen) atoms. The van der Waals surface area contributed by atoms with Gasteiger partial charge in [-0.05, 0) is 5.56 Å². The van der Waals surface area contributed by atoms with E-state index in [-0.39, 0.29) is 12.4 Å². The highest BCUT2D eigenvalue weighted by atomic mass is 32.2. The third kappa shape index (κ3) is 3.50. The molecule has 0 radical (unpaired) electrons. The lowest BCUT2D eigenvalue weighted by atomic mass is 10.1. The summed E-state index contributed by atoms with van der Waals surface area (Å²) >= 11 is 1.42. The van der Waals surface area contributed by atoms with Gasteiger partial charge in [-0.25, -0.2) is 19.5 Å². The molecule has 2 aromatic heterocycles. The Labute approximate surface area is 174 Å². The molecule has 2 saturated heterocycles. The molecular formula is C17H18N5O6PS. The van der Waals surface area contributed by atoms with E-state index in [4.69, 9.17) is 19.5 Å². The Morgan fingerprint density at radius 1 is 1.30 bits per heavy atom. The van der Waals surface area contributed by atoms with Gasteiger partial charge in [0.15, 0.2) is 28.4 Å². The Kier molecular flexibility index (Phi) is 5.02. The Bertz CT molecular complexity index is 1130. The molecule has 4 heterocycles. The minimum atomic E-state index is -4.23. The van der Waals surface area contributed by atoms with E-state index < -0.39 is 32.4 Å². The number of rotatable bonds is 4. The number of ether oxygens (including phenoxy) is 1. The monoisotopic (exact) mass is 451 g/mol. The quantitative estimate of drug-likeness (QED) is 0.390. The van der Waals surface area contributed by atoms with Crippen LogP contribution >= 0.6 is 19.6 Å². The first-order chi connectivity index (χ1) is 14.4. The number of phosphoric acid groups is 1. The zero-order valence-corrected chi connectivity index (χ0v) is 17.1. The second-order valence-corrected chi connectivity index (χ2v) is 9.21. The summed E-state index contributed by atoms with van der Waals surface area (Å²) in [6, 6.07) is 9.82. The Morgan fingerprint density at radius 2 is 2.10 bits per heavy atom. The second kappa shape index (κ2) is 7.57. The van der Waals surface area contributed by atoms with Crippen LogP contribution in [-0.2, 0) is 24.1 Å². The number of hydrogen-bond donors (Lipinski definition) is 3. The van der Waals surface area contributed by atoms with Crippen molar-refractivity contribution < 1.29 is 28.3 Å². The summed E-state index contributed by atoms with van der Waals surface area (Å²) < 4.78 is 29.2. The van der Waals surface area contributed by atoms with Crippen molar-refractivity contribution in [3.63, 3.8) is 0 Å². The smallest absolute Gasteiger partial charge is 0.386 e. The average molecular weight is 451 g/mol. The van der Waals surface area contributed by atoms with Gasteiger partial charge in [-0.1, -0.05) is 42.1 Å². The zero-order valence-electron chi connectivity index (χ0n) is 15.4. The lowest BCUT2D eigenvalue weighted by Crippen LogP contribution is -2.39. The lowest BCUT2D eigenvalue weighted by Gasteiger charge is -2.27. The fraction of sp³-hybridized carbons (Fsp3) is 0.353. The minimum Gasteiger partial charge on any atom is -0.386 e. The van der Waals surface area contributed by atoms with Crippen LogP contribution in [0, 0.1) is 0 Å². The number of imidazole rings is 1. The van der Waals surface area contributed by atoms with Crippen molar-refractivity contribution in [2.24, 2.45) is 0 Å². The van der Waals surface area contributed by atoms with E-state index in [9.17, 15) is 14.6 Å². The van der Waals surface area contributed by atoms with Crippen molar-refractivity contribution in [2.45, 2.75) is 35.4 Å². The number of aromatic nitrogens is 4. The number of anilines is 1. The first-order valence-corrected chi connectivity index (χ1v) is 11.6. The van der Waals surface area contributed by atoms with Crippen LogP contribution in [0.25, 0.3) is 11.2 Å². The van der Waals surface area contributed by atoms with Crippen molar-refractivity contribution in [1.29, 1.82) is 0 Å². The number of aliphatic hydroxyl groups excluding tert-OH is 1. The summed E-state index contributed by atoms with van der Waals surface area (Å²) in [7, 11) is -4.23. The third-order valence-electron chi connectivity index (χ3n) is 4.90. The first kappa shape index (κ1) is 19.9. The standard InChI is InChI=1S/C17H18N5O6PS/c18-14-11-15(20-8-19-14)22(17(21-11)30-7-9-4-2-1-3-5-9)16-12(23)13-10(27-16)6-26-29(24,25)28-13/h1-5,8,10,12-13,16,23H,6-7H2,(H,24,25)(H2,18,19,20)/t10-,12-,13-,16-/m1/s1. The highest BCUT2D eigenvalue weighted by Crippen LogP contribution is 2.53. The maximum absolute atomic E-state index is 11.8. The highest BCUT2D eigenvalue weighted by Gasteiger charge is 2.53. The molecule has 13 heteroatoms. The van der Waals surface area contributed by atoms with Crippen LogP contribution in [0.15, 0.2) is 41.8 Å². The van der Waals surface area contributed by atoms with Crippen LogP contribution in [0.3, 0.4) is 0 Å². The molecule has 11 nitrogen and oxygen atoms in total. The summed E-state index contributed by atoms with van der Waals surface area (Å²) in [6.45, 7) is -0.178. The van der Waals surface area contributed by atoms with E-state index in [0.29, 0.717) is 22.1 Å². The molecule has 2 aliphatic heterocycles. The van der Waals surface area contributed by atoms with Crippen molar-refractivity contribution in [3.05, 3.63) is 42.2 Å². The predicted molar refractivity (Wildman–Crippen MR) is 106 cm³/mol. The molecule has 158 valence electrons. The number of phosphoric ester groups is 1. The molecule has 4 N–H and O–H groups in total. The van der Waals surface area contributed by atoms with Gasteiger partial charge >= 0.3 is 7.82 Å². The molecule has 0 aliphatic carbocycles. The van der Waals surface area contributed by atoms with Crippen LogP contribution in [-0.4, -0.2) is 54.4 Å². The van der Waals surface area contributed by atoms with Crippen LogP contribution in [0.4, 0.5) is 5.82 Å². The van der Waals surface area contributed by atoms with Gasteiger partial charge in [0.1, 0.15) is 24.6 Å². The SMILES string of the molecule is Nc1ncnc2c1nc(SCc1ccccc1)n2[C@@H]1O[C@@H]2COP(=O)(O)O[C@H]2[C@H]1O. The van der Waals surface area contributed by atoms with E-state index >= 15 is 0 Å². The third-order valence-corrected chi connectivity index (χ3v) is 6.91. The van der Waals surface area contributed by atoms with E-state index in [1.807, 2.05) is 30.3 Å². The zero-order chi connectivity index (χ0) is 20.9. The summed E-state index contributed by atoms with van der Waals surface area (Å²) in [5.74, 6) is 0.808. The molecule has 0 amide bonds. The Balaban J connectivity index is 1.53. The largest absolute Gasteiger partial charge is 0.472 e.